The van der Waals surface area contributed by atoms with Gasteiger partial charge in [-0.05, 0) is 53.0 Å². The van der Waals surface area contributed by atoms with Crippen LogP contribution < -0.4 is 16.0 Å². The monoisotopic (exact) mass is 522 g/mol. The summed E-state index contributed by atoms with van der Waals surface area (Å²) in [7, 11) is 0. The van der Waals surface area contributed by atoms with E-state index >= 15 is 0 Å². The van der Waals surface area contributed by atoms with Crippen LogP contribution in [0.3, 0.4) is 0 Å². The van der Waals surface area contributed by atoms with Gasteiger partial charge in [0.15, 0.2) is 5.96 Å². The number of carbonyl (C=O) groups excluding carboxylic acids is 1. The van der Waals surface area contributed by atoms with E-state index in [9.17, 15) is 4.79 Å². The summed E-state index contributed by atoms with van der Waals surface area (Å²) >= 11 is 0. The molecule has 0 bridgehead atoms. The molecule has 0 unspecified atom stereocenters. The van der Waals surface area contributed by atoms with Gasteiger partial charge in [0.1, 0.15) is 5.60 Å². The number of hydrogen-bond donors (Lipinski definition) is 3. The Morgan fingerprint density at radius 1 is 1.17 bits per heavy atom. The first-order valence-electron chi connectivity index (χ1n) is 10.2. The number of nitrogens with zero attached hydrogens (tertiary/aromatic N) is 3. The second-order valence-corrected chi connectivity index (χ2v) is 7.86. The molecule has 1 aromatic rings. The van der Waals surface area contributed by atoms with Crippen molar-refractivity contribution < 1.29 is 9.53 Å². The van der Waals surface area contributed by atoms with Crippen LogP contribution >= 0.6 is 24.0 Å². The first kappa shape index (κ1) is 27.5. The maximum atomic E-state index is 12.3. The Bertz CT molecular complexity index is 595. The second kappa shape index (κ2) is 13.7. The van der Waals surface area contributed by atoms with Gasteiger partial charge in [-0.3, -0.25) is 9.67 Å². The molecule has 8 nitrogen and oxygen atoms in total. The second-order valence-electron chi connectivity index (χ2n) is 7.86. The van der Waals surface area contributed by atoms with Gasteiger partial charge in [-0.15, -0.1) is 24.0 Å². The van der Waals surface area contributed by atoms with Crippen LogP contribution in [0.15, 0.2) is 23.5 Å². The van der Waals surface area contributed by atoms with Gasteiger partial charge >= 0.3 is 6.09 Å². The quantitative estimate of drug-likeness (QED) is 0.189. The van der Waals surface area contributed by atoms with Gasteiger partial charge in [0.2, 0.25) is 0 Å². The zero-order valence-corrected chi connectivity index (χ0v) is 21.1. The Kier molecular flexibility index (Phi) is 12.9. The minimum Gasteiger partial charge on any atom is -0.444 e. The molecule has 3 N–H and O–H groups in total. The van der Waals surface area contributed by atoms with E-state index in [0.29, 0.717) is 6.54 Å². The Morgan fingerprint density at radius 3 is 2.38 bits per heavy atom. The molecule has 1 heterocycles. The molecule has 0 aromatic carbocycles. The Balaban J connectivity index is 0.00000784. The molecule has 0 aliphatic rings. The van der Waals surface area contributed by atoms with Crippen LogP contribution in [0.1, 0.15) is 60.8 Å². The molecular formula is C20H39IN6O2. The smallest absolute Gasteiger partial charge is 0.408 e. The van der Waals surface area contributed by atoms with Gasteiger partial charge in [0.05, 0.1) is 12.1 Å². The number of guanidine groups is 1. The zero-order valence-electron chi connectivity index (χ0n) is 18.7. The summed E-state index contributed by atoms with van der Waals surface area (Å²) in [5.41, 5.74) is -0.953. The molecule has 0 aliphatic heterocycles. The van der Waals surface area contributed by atoms with E-state index < -0.39 is 17.2 Å². The molecule has 0 saturated carbocycles. The highest BCUT2D eigenvalue weighted by Gasteiger charge is 2.30. The summed E-state index contributed by atoms with van der Waals surface area (Å²) in [5, 5.41) is 13.8. The average Bonchev–Trinajstić information content (AvgIpc) is 3.14. The van der Waals surface area contributed by atoms with Crippen LogP contribution in [-0.4, -0.2) is 52.6 Å². The van der Waals surface area contributed by atoms with Crippen molar-refractivity contribution in [3.63, 3.8) is 0 Å². The summed E-state index contributed by atoms with van der Waals surface area (Å²) in [6.45, 7) is 14.6. The minimum absolute atomic E-state index is 0. The van der Waals surface area contributed by atoms with Crippen LogP contribution in [0, 0.1) is 0 Å². The summed E-state index contributed by atoms with van der Waals surface area (Å²) in [5.74, 6) is 0.750. The highest BCUT2D eigenvalue weighted by atomic mass is 127. The molecule has 1 amide bonds. The lowest BCUT2D eigenvalue weighted by Crippen LogP contribution is -2.52. The van der Waals surface area contributed by atoms with Crippen LogP contribution in [0.5, 0.6) is 0 Å². The summed E-state index contributed by atoms with van der Waals surface area (Å²) < 4.78 is 7.34. The summed E-state index contributed by atoms with van der Waals surface area (Å²) in [6.07, 6.45) is 5.82. The molecule has 1 rings (SSSR count). The maximum Gasteiger partial charge on any atom is 0.408 e. The third-order valence-electron chi connectivity index (χ3n) is 4.42. The average molecular weight is 522 g/mol. The zero-order chi connectivity index (χ0) is 21.0. The summed E-state index contributed by atoms with van der Waals surface area (Å²) in [4.78, 5) is 17.0. The van der Waals surface area contributed by atoms with Crippen molar-refractivity contribution in [2.75, 3.05) is 19.6 Å². The number of carbonyl (C=O) groups is 1. The Hall–Kier alpha value is -1.52. The minimum atomic E-state index is -0.522. The number of nitrogens with one attached hydrogen (secondary N) is 3. The normalized spacial score (nSPS) is 12.1. The first-order chi connectivity index (χ1) is 13.2. The number of aryl methyl sites for hydroxylation is 1. The Morgan fingerprint density at radius 2 is 1.86 bits per heavy atom. The van der Waals surface area contributed by atoms with Crippen molar-refractivity contribution in [3.05, 3.63) is 18.5 Å². The van der Waals surface area contributed by atoms with E-state index in [-0.39, 0.29) is 24.0 Å². The standard InChI is InChI=1S/C20H38N6O2.HI/c1-7-20(8-2,25-18(27)28-19(4,5)6)16-23-17(21-9-3)22-12-10-14-26-15-11-13-24-26;/h11,13,15H,7-10,12,14,16H2,1-6H3,(H,25,27)(H2,21,22,23);1H. The third-order valence-corrected chi connectivity index (χ3v) is 4.42. The topological polar surface area (TPSA) is 92.6 Å². The molecular weight excluding hydrogens is 483 g/mol. The Labute approximate surface area is 192 Å². The number of alkyl carbamates (subject to hydrolysis) is 1. The molecule has 0 atom stereocenters. The fourth-order valence-electron chi connectivity index (χ4n) is 2.66. The number of ether oxygens (including phenoxy) is 1. The molecule has 0 fully saturated rings. The number of hydrogen-bond acceptors (Lipinski definition) is 4. The fraction of sp³-hybridized carbons (Fsp3) is 0.750. The van der Waals surface area contributed by atoms with Crippen LogP contribution in [0.2, 0.25) is 0 Å². The fourth-order valence-corrected chi connectivity index (χ4v) is 2.66. The number of amides is 1. The predicted molar refractivity (Wildman–Crippen MR) is 129 cm³/mol. The van der Waals surface area contributed by atoms with Gasteiger partial charge < -0.3 is 20.7 Å². The van der Waals surface area contributed by atoms with Gasteiger partial charge in [0.25, 0.3) is 0 Å². The highest BCUT2D eigenvalue weighted by molar-refractivity contribution is 14.0. The molecule has 9 heteroatoms. The van der Waals surface area contributed by atoms with E-state index in [1.165, 1.54) is 0 Å². The van der Waals surface area contributed by atoms with Crippen molar-refractivity contribution in [2.45, 2.75) is 78.5 Å². The van der Waals surface area contributed by atoms with Gasteiger partial charge in [-0.1, -0.05) is 13.8 Å². The van der Waals surface area contributed by atoms with Crippen molar-refractivity contribution in [2.24, 2.45) is 4.99 Å². The maximum absolute atomic E-state index is 12.3. The van der Waals surface area contributed by atoms with E-state index in [1.807, 2.05) is 44.6 Å². The third kappa shape index (κ3) is 11.3. The first-order valence-corrected chi connectivity index (χ1v) is 10.2. The van der Waals surface area contributed by atoms with Crippen LogP contribution in [0.25, 0.3) is 0 Å². The lowest BCUT2D eigenvalue weighted by molar-refractivity contribution is 0.0452. The van der Waals surface area contributed by atoms with Crippen LogP contribution in [0.4, 0.5) is 4.79 Å². The number of halogens is 1. The molecule has 1 aromatic heterocycles. The SMILES string of the molecule is CCNC(=NCC(CC)(CC)NC(=O)OC(C)(C)C)NCCCn1cccn1.I. The molecule has 0 spiro atoms. The van der Waals surface area contributed by atoms with Crippen molar-refractivity contribution in [1.29, 1.82) is 0 Å². The van der Waals surface area contributed by atoms with E-state index in [1.54, 1.807) is 6.20 Å². The largest absolute Gasteiger partial charge is 0.444 e. The van der Waals surface area contributed by atoms with Crippen molar-refractivity contribution in [1.82, 2.24) is 25.7 Å². The number of rotatable bonds is 10. The number of aromatic nitrogens is 2. The van der Waals surface area contributed by atoms with Crippen molar-refractivity contribution >= 4 is 36.0 Å². The van der Waals surface area contributed by atoms with Crippen LogP contribution in [-0.2, 0) is 11.3 Å². The lowest BCUT2D eigenvalue weighted by atomic mass is 9.93. The van der Waals surface area contributed by atoms with Gasteiger partial charge in [0, 0.05) is 32.0 Å². The molecule has 168 valence electrons. The van der Waals surface area contributed by atoms with E-state index in [0.717, 1.165) is 44.9 Å². The highest BCUT2D eigenvalue weighted by Crippen LogP contribution is 2.17. The van der Waals surface area contributed by atoms with Crippen molar-refractivity contribution in [3.8, 4) is 0 Å². The van der Waals surface area contributed by atoms with Gasteiger partial charge in [-0.25, -0.2) is 4.79 Å². The predicted octanol–water partition coefficient (Wildman–Crippen LogP) is 3.53. The molecule has 0 saturated heterocycles. The van der Waals surface area contributed by atoms with Gasteiger partial charge in [-0.2, -0.15) is 5.10 Å². The summed E-state index contributed by atoms with van der Waals surface area (Å²) in [6, 6.07) is 1.92. The van der Waals surface area contributed by atoms with E-state index in [4.69, 9.17) is 9.73 Å². The number of aliphatic imine (C=N–C) groups is 1. The lowest BCUT2D eigenvalue weighted by Gasteiger charge is -2.32. The molecule has 0 radical (unpaired) electrons. The molecule has 29 heavy (non-hydrogen) atoms. The molecule has 0 aliphatic carbocycles. The van der Waals surface area contributed by atoms with E-state index in [2.05, 4.69) is 34.9 Å².